The number of carbonyl (C=O) groups is 1. The first-order chi connectivity index (χ1) is 13.9. The third-order valence-corrected chi connectivity index (χ3v) is 4.96. The SMILES string of the molecule is Cc1nc(COc2cccc(/C=C\C(=O)N[C@@H](C)c3ccc(F)c(F)c3)c2)cs1. The fourth-order valence-corrected chi connectivity index (χ4v) is 3.24. The highest BCUT2D eigenvalue weighted by molar-refractivity contribution is 7.09. The number of hydrogen-bond donors (Lipinski definition) is 1. The lowest BCUT2D eigenvalue weighted by atomic mass is 10.1. The van der Waals surface area contributed by atoms with Gasteiger partial charge in [0.05, 0.1) is 16.7 Å². The number of aryl methyl sites for hydroxylation is 1. The van der Waals surface area contributed by atoms with Gasteiger partial charge in [0, 0.05) is 11.5 Å². The van der Waals surface area contributed by atoms with Crippen LogP contribution in [0.15, 0.2) is 53.9 Å². The molecule has 0 saturated carbocycles. The highest BCUT2D eigenvalue weighted by Gasteiger charge is 2.10. The number of nitrogens with zero attached hydrogens (tertiary/aromatic N) is 1. The van der Waals surface area contributed by atoms with Gasteiger partial charge in [-0.15, -0.1) is 11.3 Å². The lowest BCUT2D eigenvalue weighted by Gasteiger charge is -2.13. The van der Waals surface area contributed by atoms with Gasteiger partial charge in [-0.05, 0) is 55.3 Å². The molecule has 150 valence electrons. The van der Waals surface area contributed by atoms with Gasteiger partial charge >= 0.3 is 0 Å². The zero-order chi connectivity index (χ0) is 20.8. The summed E-state index contributed by atoms with van der Waals surface area (Å²) in [5, 5.41) is 5.67. The zero-order valence-corrected chi connectivity index (χ0v) is 16.8. The van der Waals surface area contributed by atoms with Crippen LogP contribution in [0.25, 0.3) is 6.08 Å². The maximum Gasteiger partial charge on any atom is 0.244 e. The fraction of sp³-hybridized carbons (Fsp3) is 0.182. The van der Waals surface area contributed by atoms with Gasteiger partial charge in [0.15, 0.2) is 11.6 Å². The number of benzene rings is 2. The second-order valence-electron chi connectivity index (χ2n) is 6.46. The molecule has 3 aromatic rings. The molecule has 0 radical (unpaired) electrons. The molecule has 4 nitrogen and oxygen atoms in total. The summed E-state index contributed by atoms with van der Waals surface area (Å²) in [6, 6.07) is 10.4. The molecule has 2 aromatic carbocycles. The minimum absolute atomic E-state index is 0.341. The van der Waals surface area contributed by atoms with Crippen LogP contribution < -0.4 is 10.1 Å². The molecule has 1 heterocycles. The van der Waals surface area contributed by atoms with E-state index in [1.807, 2.05) is 36.6 Å². The summed E-state index contributed by atoms with van der Waals surface area (Å²) < 4.78 is 32.1. The first-order valence-electron chi connectivity index (χ1n) is 8.98. The lowest BCUT2D eigenvalue weighted by Crippen LogP contribution is -2.24. The van der Waals surface area contributed by atoms with Crippen molar-refractivity contribution in [1.82, 2.24) is 10.3 Å². The first-order valence-corrected chi connectivity index (χ1v) is 9.86. The number of thiazole rings is 1. The standard InChI is InChI=1S/C22H20F2N2O2S/c1-14(17-7-8-20(23)21(24)11-17)25-22(27)9-6-16-4-3-5-19(10-16)28-12-18-13-29-15(2)26-18/h3-11,13-14H,12H2,1-2H3,(H,25,27)/b9-6-/t14-/m0/s1. The summed E-state index contributed by atoms with van der Waals surface area (Å²) in [6.07, 6.45) is 3.05. The molecular formula is C22H20F2N2O2S. The molecule has 0 unspecified atom stereocenters. The van der Waals surface area contributed by atoms with Crippen molar-refractivity contribution < 1.29 is 18.3 Å². The Morgan fingerprint density at radius 2 is 2.07 bits per heavy atom. The molecule has 0 saturated heterocycles. The van der Waals surface area contributed by atoms with Gasteiger partial charge < -0.3 is 10.1 Å². The quantitative estimate of drug-likeness (QED) is 0.541. The van der Waals surface area contributed by atoms with Crippen molar-refractivity contribution in [2.24, 2.45) is 0 Å². The van der Waals surface area contributed by atoms with Gasteiger partial charge in [0.25, 0.3) is 0 Å². The van der Waals surface area contributed by atoms with Crippen molar-refractivity contribution in [1.29, 1.82) is 0 Å². The number of rotatable bonds is 7. The van der Waals surface area contributed by atoms with Crippen molar-refractivity contribution in [2.75, 3.05) is 0 Å². The van der Waals surface area contributed by atoms with Crippen LogP contribution in [0.4, 0.5) is 8.78 Å². The van der Waals surface area contributed by atoms with Gasteiger partial charge in [0.1, 0.15) is 12.4 Å². The average molecular weight is 414 g/mol. The van der Waals surface area contributed by atoms with Crippen molar-refractivity contribution in [2.45, 2.75) is 26.5 Å². The Morgan fingerprint density at radius 3 is 2.79 bits per heavy atom. The maximum atomic E-state index is 13.3. The van der Waals surface area contributed by atoms with E-state index in [0.717, 1.165) is 28.4 Å². The van der Waals surface area contributed by atoms with Gasteiger partial charge in [0.2, 0.25) is 5.91 Å². The van der Waals surface area contributed by atoms with E-state index in [2.05, 4.69) is 10.3 Å². The fourth-order valence-electron chi connectivity index (χ4n) is 2.64. The molecule has 1 amide bonds. The average Bonchev–Trinajstić information content (AvgIpc) is 3.12. The van der Waals surface area contributed by atoms with E-state index in [-0.39, 0.29) is 5.91 Å². The molecule has 1 N–H and O–H groups in total. The second-order valence-corrected chi connectivity index (χ2v) is 7.52. The van der Waals surface area contributed by atoms with Crippen LogP contribution >= 0.6 is 11.3 Å². The van der Waals surface area contributed by atoms with Crippen molar-refractivity contribution in [3.63, 3.8) is 0 Å². The number of aromatic nitrogens is 1. The minimum atomic E-state index is -0.941. The van der Waals surface area contributed by atoms with Crippen LogP contribution in [0.3, 0.4) is 0 Å². The topological polar surface area (TPSA) is 51.2 Å². The molecule has 1 atom stereocenters. The van der Waals surface area contributed by atoms with Crippen LogP contribution in [0.1, 0.15) is 34.8 Å². The highest BCUT2D eigenvalue weighted by atomic mass is 32.1. The summed E-state index contributed by atoms with van der Waals surface area (Å²) in [5.41, 5.74) is 2.16. The van der Waals surface area contributed by atoms with Crippen molar-refractivity contribution in [3.8, 4) is 5.75 Å². The Bertz CT molecular complexity index is 1030. The normalized spacial score (nSPS) is 12.1. The molecule has 29 heavy (non-hydrogen) atoms. The lowest BCUT2D eigenvalue weighted by molar-refractivity contribution is -0.117. The van der Waals surface area contributed by atoms with E-state index in [9.17, 15) is 13.6 Å². The second kappa shape index (κ2) is 9.43. The molecular weight excluding hydrogens is 394 g/mol. The Balaban J connectivity index is 1.57. The summed E-state index contributed by atoms with van der Waals surface area (Å²) in [6.45, 7) is 4.02. The Hall–Kier alpha value is -3.06. The number of amides is 1. The molecule has 3 rings (SSSR count). The van der Waals surface area contributed by atoms with Gasteiger partial charge in [-0.1, -0.05) is 18.2 Å². The van der Waals surface area contributed by atoms with E-state index in [4.69, 9.17) is 4.74 Å². The van der Waals surface area contributed by atoms with Crippen molar-refractivity contribution in [3.05, 3.63) is 87.4 Å². The number of carbonyl (C=O) groups excluding carboxylic acids is 1. The van der Waals surface area contributed by atoms with E-state index < -0.39 is 17.7 Å². The third kappa shape index (κ3) is 5.96. The molecule has 0 bridgehead atoms. The Kier molecular flexibility index (Phi) is 6.72. The molecule has 0 aliphatic rings. The van der Waals surface area contributed by atoms with E-state index in [1.54, 1.807) is 24.3 Å². The van der Waals surface area contributed by atoms with Crippen LogP contribution in [0.2, 0.25) is 0 Å². The number of halogens is 2. The Morgan fingerprint density at radius 1 is 1.24 bits per heavy atom. The number of nitrogens with one attached hydrogen (secondary N) is 1. The minimum Gasteiger partial charge on any atom is -0.487 e. The van der Waals surface area contributed by atoms with Crippen molar-refractivity contribution >= 4 is 23.3 Å². The van der Waals surface area contributed by atoms with Crippen LogP contribution in [-0.4, -0.2) is 10.9 Å². The molecule has 0 fully saturated rings. The third-order valence-electron chi connectivity index (χ3n) is 4.14. The molecule has 0 aliphatic heterocycles. The first kappa shape index (κ1) is 20.7. The van der Waals surface area contributed by atoms with Crippen LogP contribution in [0, 0.1) is 18.6 Å². The summed E-state index contributed by atoms with van der Waals surface area (Å²) >= 11 is 1.57. The molecule has 0 spiro atoms. The monoisotopic (exact) mass is 414 g/mol. The van der Waals surface area contributed by atoms with Crippen LogP contribution in [-0.2, 0) is 11.4 Å². The zero-order valence-electron chi connectivity index (χ0n) is 16.0. The predicted octanol–water partition coefficient (Wildman–Crippen LogP) is 5.20. The summed E-state index contributed by atoms with van der Waals surface area (Å²) in [5.74, 6) is -1.53. The van der Waals surface area contributed by atoms with E-state index >= 15 is 0 Å². The molecule has 7 heteroatoms. The molecule has 1 aromatic heterocycles. The van der Waals surface area contributed by atoms with Gasteiger partial charge in [-0.2, -0.15) is 0 Å². The maximum absolute atomic E-state index is 13.3. The Labute approximate surface area is 171 Å². The van der Waals surface area contributed by atoms with Crippen LogP contribution in [0.5, 0.6) is 5.75 Å². The van der Waals surface area contributed by atoms with E-state index in [0.29, 0.717) is 17.9 Å². The predicted molar refractivity (Wildman–Crippen MR) is 110 cm³/mol. The summed E-state index contributed by atoms with van der Waals surface area (Å²) in [4.78, 5) is 16.5. The highest BCUT2D eigenvalue weighted by Crippen LogP contribution is 2.18. The summed E-state index contributed by atoms with van der Waals surface area (Å²) in [7, 11) is 0. The largest absolute Gasteiger partial charge is 0.487 e. The van der Waals surface area contributed by atoms with E-state index in [1.165, 1.54) is 12.1 Å². The molecule has 0 aliphatic carbocycles. The van der Waals surface area contributed by atoms with Gasteiger partial charge in [-0.25, -0.2) is 13.8 Å². The van der Waals surface area contributed by atoms with Gasteiger partial charge in [-0.3, -0.25) is 4.79 Å². The number of ether oxygens (including phenoxy) is 1. The smallest absolute Gasteiger partial charge is 0.244 e. The number of hydrogen-bond acceptors (Lipinski definition) is 4.